The van der Waals surface area contributed by atoms with Crippen LogP contribution in [0.25, 0.3) is 0 Å². The number of fused-ring (bicyclic) bond motifs is 5. The first-order chi connectivity index (χ1) is 15.8. The van der Waals surface area contributed by atoms with Gasteiger partial charge in [-0.1, -0.05) is 44.9 Å². The zero-order chi connectivity index (χ0) is 23.3. The van der Waals surface area contributed by atoms with Gasteiger partial charge in [0.1, 0.15) is 0 Å². The second kappa shape index (κ2) is 8.79. The Kier molecular flexibility index (Phi) is 6.27. The van der Waals surface area contributed by atoms with Crippen LogP contribution in [0.4, 0.5) is 0 Å². The Morgan fingerprint density at radius 2 is 1.94 bits per heavy atom. The van der Waals surface area contributed by atoms with E-state index >= 15 is 0 Å². The molecule has 1 aromatic heterocycles. The third-order valence-corrected chi connectivity index (χ3v) is 11.2. The molecule has 33 heavy (non-hydrogen) atoms. The molecular weight excluding hydrogens is 406 g/mol. The van der Waals surface area contributed by atoms with Gasteiger partial charge in [-0.05, 0) is 117 Å². The number of nitrogens with zero attached hydrogens (tertiary/aromatic N) is 1. The van der Waals surface area contributed by atoms with Crippen molar-refractivity contribution in [3.8, 4) is 0 Å². The van der Waals surface area contributed by atoms with Gasteiger partial charge in [-0.3, -0.25) is 4.98 Å². The average Bonchev–Trinajstić information content (AvgIpc) is 3.16. The van der Waals surface area contributed by atoms with Gasteiger partial charge in [0.2, 0.25) is 0 Å². The van der Waals surface area contributed by atoms with Crippen molar-refractivity contribution in [1.82, 2.24) is 4.98 Å². The molecule has 0 bridgehead atoms. The number of hydrogen-bond acceptors (Lipinski definition) is 3. The molecule has 4 aliphatic rings. The van der Waals surface area contributed by atoms with Crippen LogP contribution >= 0.6 is 0 Å². The Labute approximate surface area is 201 Å². The van der Waals surface area contributed by atoms with Gasteiger partial charge >= 0.3 is 0 Å². The van der Waals surface area contributed by atoms with E-state index in [0.29, 0.717) is 10.8 Å². The Morgan fingerprint density at radius 1 is 1.09 bits per heavy atom. The van der Waals surface area contributed by atoms with Crippen LogP contribution in [-0.4, -0.2) is 20.8 Å². The Hall–Kier alpha value is -1.19. The lowest BCUT2D eigenvalue weighted by Crippen LogP contribution is -2.52. The number of hydrogen-bond donors (Lipinski definition) is 2. The van der Waals surface area contributed by atoms with Gasteiger partial charge in [-0.15, -0.1) is 0 Å². The van der Waals surface area contributed by atoms with Crippen molar-refractivity contribution in [3.05, 3.63) is 41.7 Å². The third-order valence-electron chi connectivity index (χ3n) is 11.2. The maximum atomic E-state index is 11.0. The van der Waals surface area contributed by atoms with E-state index in [2.05, 4.69) is 31.8 Å². The van der Waals surface area contributed by atoms with Gasteiger partial charge in [0, 0.05) is 6.20 Å². The lowest BCUT2D eigenvalue weighted by atomic mass is 9.46. The van der Waals surface area contributed by atoms with Gasteiger partial charge in [-0.25, -0.2) is 0 Å². The van der Waals surface area contributed by atoms with Crippen LogP contribution < -0.4 is 0 Å². The van der Waals surface area contributed by atoms with Crippen molar-refractivity contribution in [3.63, 3.8) is 0 Å². The fourth-order valence-corrected chi connectivity index (χ4v) is 8.88. The molecule has 8 atom stereocenters. The molecule has 0 radical (unpaired) electrons. The standard InChI is InChI=1S/C30H45NO2/c1-4-30(33)18-17-29(3)22(20-30)11-13-23-24-14-12-21(28(24,2)16-15-25(23)29)8-7-10-27(32)26-9-5-6-19-31-26/h5-6,9,11,19,21,23-25,27,32-33H,4,7-8,10,12-18,20H2,1-3H3/t21?,23?,24?,25?,27?,28?,29?,30-/m0/s1. The minimum absolute atomic E-state index is 0.316. The second-order valence-corrected chi connectivity index (χ2v) is 12.5. The normalized spacial score (nSPS) is 43.2. The van der Waals surface area contributed by atoms with E-state index in [4.69, 9.17) is 0 Å². The quantitative estimate of drug-likeness (QED) is 0.458. The molecule has 3 fully saturated rings. The first-order valence-electron chi connectivity index (χ1n) is 13.8. The molecule has 1 heterocycles. The van der Waals surface area contributed by atoms with Gasteiger partial charge < -0.3 is 10.2 Å². The highest BCUT2D eigenvalue weighted by Gasteiger charge is 2.59. The summed E-state index contributed by atoms with van der Waals surface area (Å²) in [6.07, 6.45) is 17.7. The maximum Gasteiger partial charge on any atom is 0.0959 e. The number of aliphatic hydroxyl groups is 2. The Balaban J connectivity index is 1.25. The summed E-state index contributed by atoms with van der Waals surface area (Å²) in [4.78, 5) is 4.34. The summed E-state index contributed by atoms with van der Waals surface area (Å²) < 4.78 is 0. The van der Waals surface area contributed by atoms with Gasteiger partial charge in [-0.2, -0.15) is 0 Å². The molecule has 7 unspecified atom stereocenters. The van der Waals surface area contributed by atoms with E-state index in [1.54, 1.807) is 11.8 Å². The molecule has 3 saturated carbocycles. The van der Waals surface area contributed by atoms with E-state index in [-0.39, 0.29) is 0 Å². The van der Waals surface area contributed by atoms with Crippen LogP contribution in [0.2, 0.25) is 0 Å². The predicted octanol–water partition coefficient (Wildman–Crippen LogP) is 7.01. The minimum atomic E-state index is -0.459. The number of aliphatic hydroxyl groups excluding tert-OH is 1. The Morgan fingerprint density at radius 3 is 2.70 bits per heavy atom. The fraction of sp³-hybridized carbons (Fsp3) is 0.767. The lowest BCUT2D eigenvalue weighted by molar-refractivity contribution is -0.0718. The molecule has 0 spiro atoms. The second-order valence-electron chi connectivity index (χ2n) is 12.5. The molecule has 0 amide bonds. The van der Waals surface area contributed by atoms with Gasteiger partial charge in [0.05, 0.1) is 17.4 Å². The molecule has 182 valence electrons. The summed E-state index contributed by atoms with van der Waals surface area (Å²) in [6, 6.07) is 5.82. The lowest BCUT2D eigenvalue weighted by Gasteiger charge is -2.59. The first-order valence-corrected chi connectivity index (χ1v) is 13.8. The predicted molar refractivity (Wildman–Crippen MR) is 133 cm³/mol. The summed E-state index contributed by atoms with van der Waals surface area (Å²) in [5, 5.41) is 21.5. The highest BCUT2D eigenvalue weighted by atomic mass is 16.3. The van der Waals surface area contributed by atoms with Crippen molar-refractivity contribution in [2.24, 2.45) is 34.5 Å². The van der Waals surface area contributed by atoms with Crippen LogP contribution in [0.5, 0.6) is 0 Å². The highest BCUT2D eigenvalue weighted by Crippen LogP contribution is 2.67. The summed E-state index contributed by atoms with van der Waals surface area (Å²) in [5.74, 6) is 3.29. The average molecular weight is 452 g/mol. The van der Waals surface area contributed by atoms with Gasteiger partial charge in [0.15, 0.2) is 0 Å². The monoisotopic (exact) mass is 451 g/mol. The van der Waals surface area contributed by atoms with Crippen molar-refractivity contribution in [1.29, 1.82) is 0 Å². The number of allylic oxidation sites excluding steroid dienone is 1. The van der Waals surface area contributed by atoms with Crippen LogP contribution in [0, 0.1) is 34.5 Å². The number of rotatable bonds is 6. The molecule has 1 aromatic rings. The van der Waals surface area contributed by atoms with E-state index < -0.39 is 11.7 Å². The summed E-state index contributed by atoms with van der Waals surface area (Å²) in [6.45, 7) is 7.30. The van der Waals surface area contributed by atoms with Crippen molar-refractivity contribution in [2.45, 2.75) is 110 Å². The van der Waals surface area contributed by atoms with E-state index in [1.165, 1.54) is 44.9 Å². The molecule has 0 aromatic carbocycles. The van der Waals surface area contributed by atoms with Gasteiger partial charge in [0.25, 0.3) is 0 Å². The summed E-state index contributed by atoms with van der Waals surface area (Å²) in [5.41, 5.74) is 2.73. The summed E-state index contributed by atoms with van der Waals surface area (Å²) in [7, 11) is 0. The molecule has 4 aliphatic carbocycles. The van der Waals surface area contributed by atoms with Crippen molar-refractivity contribution >= 4 is 0 Å². The van der Waals surface area contributed by atoms with Crippen LogP contribution in [-0.2, 0) is 0 Å². The van der Waals surface area contributed by atoms with Crippen LogP contribution in [0.3, 0.4) is 0 Å². The molecular formula is C30H45NO2. The number of aromatic nitrogens is 1. The number of pyridine rings is 1. The molecule has 3 heteroatoms. The van der Waals surface area contributed by atoms with Crippen molar-refractivity contribution < 1.29 is 10.2 Å². The van der Waals surface area contributed by atoms with Crippen LogP contribution in [0.1, 0.15) is 110 Å². The minimum Gasteiger partial charge on any atom is -0.390 e. The summed E-state index contributed by atoms with van der Waals surface area (Å²) >= 11 is 0. The maximum absolute atomic E-state index is 11.0. The first kappa shape index (κ1) is 23.5. The zero-order valence-corrected chi connectivity index (χ0v) is 21.1. The highest BCUT2D eigenvalue weighted by molar-refractivity contribution is 5.27. The molecule has 5 rings (SSSR count). The molecule has 0 saturated heterocycles. The smallest absolute Gasteiger partial charge is 0.0959 e. The Bertz CT molecular complexity index is 867. The fourth-order valence-electron chi connectivity index (χ4n) is 8.88. The van der Waals surface area contributed by atoms with Crippen LogP contribution in [0.15, 0.2) is 36.0 Å². The van der Waals surface area contributed by atoms with E-state index in [1.807, 2.05) is 18.2 Å². The zero-order valence-electron chi connectivity index (χ0n) is 21.1. The molecule has 3 nitrogen and oxygen atoms in total. The van der Waals surface area contributed by atoms with E-state index in [9.17, 15) is 10.2 Å². The molecule has 2 N–H and O–H groups in total. The largest absolute Gasteiger partial charge is 0.390 e. The topological polar surface area (TPSA) is 53.4 Å². The third kappa shape index (κ3) is 4.01. The van der Waals surface area contributed by atoms with E-state index in [0.717, 1.165) is 61.5 Å². The van der Waals surface area contributed by atoms with Crippen molar-refractivity contribution in [2.75, 3.05) is 0 Å². The molecule has 0 aliphatic heterocycles. The SMILES string of the molecule is CC[C@]1(O)CCC2(C)C(=CCC3C2CCC2(C)C(CCCC(O)c4ccccn4)CCC32)C1.